The Hall–Kier alpha value is -4.28. The van der Waals surface area contributed by atoms with E-state index in [1.165, 1.54) is 11.0 Å². The molecule has 0 aliphatic carbocycles. The van der Waals surface area contributed by atoms with Gasteiger partial charge in [0.15, 0.2) is 0 Å². The Morgan fingerprint density at radius 2 is 1.85 bits per heavy atom. The van der Waals surface area contributed by atoms with Crippen molar-refractivity contribution < 1.29 is 23.8 Å². The summed E-state index contributed by atoms with van der Waals surface area (Å²) >= 11 is 6.46. The van der Waals surface area contributed by atoms with E-state index in [1.807, 2.05) is 54.7 Å². The number of ether oxygens (including phenoxy) is 1. The summed E-state index contributed by atoms with van der Waals surface area (Å²) in [6.07, 6.45) is 3.34. The van der Waals surface area contributed by atoms with Crippen molar-refractivity contribution in [2.75, 3.05) is 6.54 Å². The number of carboxylic acids is 1. The summed E-state index contributed by atoms with van der Waals surface area (Å²) in [6, 6.07) is 23.3. The Bertz CT molecular complexity index is 1590. The van der Waals surface area contributed by atoms with Crippen molar-refractivity contribution in [3.05, 3.63) is 107 Å². The molecule has 1 N–H and O–H groups in total. The van der Waals surface area contributed by atoms with E-state index in [-0.39, 0.29) is 31.3 Å². The number of carboxylic acid groups (broad SMARTS) is 1. The minimum Gasteiger partial charge on any atom is -0.489 e. The fraction of sp³-hybridized carbons (Fsp3) is 0.103. The number of carbonyl (C=O) groups excluding carboxylic acids is 1. The first-order valence-electron chi connectivity index (χ1n) is 12.0. The molecule has 1 aliphatic heterocycles. The average molecular weight is 560 g/mol. The van der Waals surface area contributed by atoms with Crippen LogP contribution in [0.4, 0.5) is 4.39 Å². The molecule has 39 heavy (non-hydrogen) atoms. The predicted molar refractivity (Wildman–Crippen MR) is 152 cm³/mol. The Kier molecular flexibility index (Phi) is 7.85. The number of nitrogens with zero attached hydrogens (tertiary/aromatic N) is 3. The lowest BCUT2D eigenvalue weighted by Crippen LogP contribution is -2.30. The van der Waals surface area contributed by atoms with Crippen LogP contribution in [-0.4, -0.2) is 42.5 Å². The first kappa shape index (κ1) is 26.3. The van der Waals surface area contributed by atoms with Gasteiger partial charge in [-0.15, -0.1) is 0 Å². The molecule has 1 fully saturated rings. The van der Waals surface area contributed by atoms with Crippen LogP contribution in [0.2, 0.25) is 0 Å². The maximum absolute atomic E-state index is 14.1. The zero-order valence-corrected chi connectivity index (χ0v) is 22.1. The highest BCUT2D eigenvalue weighted by atomic mass is 32.2. The number of aromatic nitrogens is 2. The number of rotatable bonds is 9. The summed E-state index contributed by atoms with van der Waals surface area (Å²) in [5.41, 5.74) is 3.29. The lowest BCUT2D eigenvalue weighted by molar-refractivity contribution is -0.137. The van der Waals surface area contributed by atoms with E-state index in [0.29, 0.717) is 31.8 Å². The lowest BCUT2D eigenvalue weighted by atomic mass is 10.1. The van der Waals surface area contributed by atoms with Crippen LogP contribution in [0.25, 0.3) is 23.0 Å². The van der Waals surface area contributed by atoms with Crippen LogP contribution in [0.1, 0.15) is 17.5 Å². The number of hydrogen-bond donors (Lipinski definition) is 1. The van der Waals surface area contributed by atoms with Gasteiger partial charge in [0, 0.05) is 29.4 Å². The maximum Gasteiger partial charge on any atom is 0.305 e. The second-order valence-corrected chi connectivity index (χ2v) is 10.3. The van der Waals surface area contributed by atoms with Crippen LogP contribution in [0.15, 0.2) is 90.0 Å². The zero-order valence-electron chi connectivity index (χ0n) is 20.5. The number of thioether (sulfide) groups is 1. The van der Waals surface area contributed by atoms with Crippen molar-refractivity contribution in [1.82, 2.24) is 14.7 Å². The van der Waals surface area contributed by atoms with Gasteiger partial charge in [0.05, 0.1) is 17.0 Å². The number of aliphatic carboxylic acids is 1. The monoisotopic (exact) mass is 559 g/mol. The molecule has 0 bridgehead atoms. The fourth-order valence-electron chi connectivity index (χ4n) is 3.98. The van der Waals surface area contributed by atoms with E-state index < -0.39 is 5.97 Å². The fourth-order valence-corrected chi connectivity index (χ4v) is 5.28. The van der Waals surface area contributed by atoms with Gasteiger partial charge in [-0.05, 0) is 36.4 Å². The number of para-hydroxylation sites is 1. The number of halogens is 1. The molecule has 0 saturated carbocycles. The van der Waals surface area contributed by atoms with Gasteiger partial charge in [-0.25, -0.2) is 9.07 Å². The third-order valence-electron chi connectivity index (χ3n) is 5.93. The van der Waals surface area contributed by atoms with Gasteiger partial charge in [-0.1, -0.05) is 72.5 Å². The summed E-state index contributed by atoms with van der Waals surface area (Å²) in [7, 11) is 0. The van der Waals surface area contributed by atoms with Gasteiger partial charge in [0.25, 0.3) is 5.91 Å². The van der Waals surface area contributed by atoms with Crippen LogP contribution in [0.5, 0.6) is 5.75 Å². The van der Waals surface area contributed by atoms with E-state index >= 15 is 0 Å². The van der Waals surface area contributed by atoms with Crippen LogP contribution >= 0.6 is 24.0 Å². The Balaban J connectivity index is 1.48. The third kappa shape index (κ3) is 6.08. The highest BCUT2D eigenvalue weighted by molar-refractivity contribution is 8.26. The summed E-state index contributed by atoms with van der Waals surface area (Å²) in [6.45, 7) is 0.0785. The summed E-state index contributed by atoms with van der Waals surface area (Å²) in [4.78, 5) is 25.7. The molecule has 1 aromatic heterocycles. The molecule has 0 spiro atoms. The molecule has 0 atom stereocenters. The second-order valence-electron chi connectivity index (χ2n) is 8.60. The molecule has 196 valence electrons. The standard InChI is InChI=1S/C29H22FN3O4S2/c30-24-12-5-4-7-20(24)18-37-23-11-6-8-19(15-23)27-21(17-33(31-27)22-9-2-1-3-10-22)16-25-28(36)32(29(38)39-25)14-13-26(34)35/h1-12,15-17H,13-14,18H2,(H,34,35)/b25-16-. The second kappa shape index (κ2) is 11.6. The topological polar surface area (TPSA) is 84.7 Å². The van der Waals surface area contributed by atoms with Crippen LogP contribution in [0, 0.1) is 5.82 Å². The van der Waals surface area contributed by atoms with E-state index in [4.69, 9.17) is 27.2 Å². The van der Waals surface area contributed by atoms with E-state index in [9.17, 15) is 14.0 Å². The van der Waals surface area contributed by atoms with Crippen LogP contribution in [-0.2, 0) is 16.2 Å². The number of carbonyl (C=O) groups is 2. The van der Waals surface area contributed by atoms with Gasteiger partial charge >= 0.3 is 5.97 Å². The average Bonchev–Trinajstić information content (AvgIpc) is 3.48. The Morgan fingerprint density at radius 3 is 2.62 bits per heavy atom. The first-order valence-corrected chi connectivity index (χ1v) is 13.2. The first-order chi connectivity index (χ1) is 18.9. The number of thiocarbonyl (C=S) groups is 1. The molecule has 4 aromatic rings. The van der Waals surface area contributed by atoms with Crippen molar-refractivity contribution in [2.45, 2.75) is 13.0 Å². The molecular formula is C29H22FN3O4S2. The van der Waals surface area contributed by atoms with Gasteiger partial charge in [-0.2, -0.15) is 5.10 Å². The normalized spacial score (nSPS) is 14.3. The molecule has 1 aliphatic rings. The van der Waals surface area contributed by atoms with Crippen molar-refractivity contribution in [1.29, 1.82) is 0 Å². The smallest absolute Gasteiger partial charge is 0.305 e. The lowest BCUT2D eigenvalue weighted by Gasteiger charge is -2.12. The van der Waals surface area contributed by atoms with E-state index in [2.05, 4.69) is 0 Å². The molecular weight excluding hydrogens is 537 g/mol. The van der Waals surface area contributed by atoms with Crippen LogP contribution < -0.4 is 4.74 Å². The zero-order chi connectivity index (χ0) is 27.4. The van der Waals surface area contributed by atoms with Gasteiger partial charge < -0.3 is 9.84 Å². The maximum atomic E-state index is 14.1. The van der Waals surface area contributed by atoms with Gasteiger partial charge in [0.2, 0.25) is 0 Å². The molecule has 1 amide bonds. The summed E-state index contributed by atoms with van der Waals surface area (Å²) in [5, 5.41) is 13.8. The van der Waals surface area contributed by atoms with Crippen LogP contribution in [0.3, 0.4) is 0 Å². The van der Waals surface area contributed by atoms with Crippen molar-refractivity contribution in [3.8, 4) is 22.7 Å². The number of amides is 1. The predicted octanol–water partition coefficient (Wildman–Crippen LogP) is 5.93. The SMILES string of the molecule is O=C(O)CCN1C(=O)/C(=C/c2cn(-c3ccccc3)nc2-c2cccc(OCc3ccccc3F)c2)SC1=S. The highest BCUT2D eigenvalue weighted by Crippen LogP contribution is 2.35. The number of benzene rings is 3. The summed E-state index contributed by atoms with van der Waals surface area (Å²) in [5.74, 6) is -1.14. The highest BCUT2D eigenvalue weighted by Gasteiger charge is 2.32. The molecule has 0 unspecified atom stereocenters. The largest absolute Gasteiger partial charge is 0.489 e. The minimum absolute atomic E-state index is 0.00880. The number of hydrogen-bond acceptors (Lipinski definition) is 6. The Labute approximate surface area is 233 Å². The summed E-state index contributed by atoms with van der Waals surface area (Å²) < 4.78 is 22.0. The third-order valence-corrected chi connectivity index (χ3v) is 7.31. The van der Waals surface area contributed by atoms with Crippen molar-refractivity contribution in [2.24, 2.45) is 0 Å². The molecule has 2 heterocycles. The van der Waals surface area contributed by atoms with Crippen molar-refractivity contribution >= 4 is 46.3 Å². The molecule has 10 heteroatoms. The molecule has 7 nitrogen and oxygen atoms in total. The van der Waals surface area contributed by atoms with Gasteiger partial charge in [0.1, 0.15) is 28.2 Å². The molecule has 5 rings (SSSR count). The minimum atomic E-state index is -1.00. The molecule has 0 radical (unpaired) electrons. The van der Waals surface area contributed by atoms with Crippen molar-refractivity contribution in [3.63, 3.8) is 0 Å². The van der Waals surface area contributed by atoms with E-state index in [0.717, 1.165) is 23.0 Å². The van der Waals surface area contributed by atoms with E-state index in [1.54, 1.807) is 35.0 Å². The molecule has 3 aromatic carbocycles. The Morgan fingerprint density at radius 1 is 1.08 bits per heavy atom. The molecule has 1 saturated heterocycles. The van der Waals surface area contributed by atoms with Gasteiger partial charge in [-0.3, -0.25) is 14.5 Å². The quantitative estimate of drug-likeness (QED) is 0.201.